The van der Waals surface area contributed by atoms with Crippen molar-refractivity contribution >= 4 is 52.2 Å². The fourth-order valence-electron chi connectivity index (χ4n) is 4.17. The van der Waals surface area contributed by atoms with E-state index in [4.69, 9.17) is 27.9 Å². The van der Waals surface area contributed by atoms with Gasteiger partial charge in [0.15, 0.2) is 5.69 Å². The predicted molar refractivity (Wildman–Crippen MR) is 136 cm³/mol. The minimum atomic E-state index is -0.947. The second-order valence-corrected chi connectivity index (χ2v) is 10.1. The summed E-state index contributed by atoms with van der Waals surface area (Å²) in [7, 11) is 1.55. The number of nitrogens with zero attached hydrogens (tertiary/aromatic N) is 2. The fourth-order valence-corrected chi connectivity index (χ4v) is 5.15. The number of hydrogen-bond acceptors (Lipinski definition) is 5. The van der Waals surface area contributed by atoms with Crippen LogP contribution < -0.4 is 15.0 Å². The summed E-state index contributed by atoms with van der Waals surface area (Å²) in [5.41, 5.74) is 2.21. The van der Waals surface area contributed by atoms with Crippen LogP contribution in [0.5, 0.6) is 5.75 Å². The molecule has 1 N–H and O–H groups in total. The summed E-state index contributed by atoms with van der Waals surface area (Å²) in [5, 5.41) is 3.23. The molecule has 0 unspecified atom stereocenters. The first-order chi connectivity index (χ1) is 16.4. The third-order valence-corrected chi connectivity index (χ3v) is 7.56. The summed E-state index contributed by atoms with van der Waals surface area (Å²) >= 11 is 13.4. The molecular formula is C25H25Cl2N3O3S. The van der Waals surface area contributed by atoms with E-state index in [-0.39, 0.29) is 27.0 Å². The summed E-state index contributed by atoms with van der Waals surface area (Å²) in [5.74, 6) is -0.227. The lowest BCUT2D eigenvalue weighted by atomic mass is 10.0. The topological polar surface area (TPSA) is 71.5 Å². The Morgan fingerprint density at radius 1 is 1.15 bits per heavy atom. The number of halogens is 2. The lowest BCUT2D eigenvalue weighted by molar-refractivity contribution is -0.123. The largest absolute Gasteiger partial charge is 0.497 e. The van der Waals surface area contributed by atoms with Crippen LogP contribution in [0.25, 0.3) is 0 Å². The standard InChI is InChI=1S/C25H25Cl2N3O3S/c1-15-10-12-16(13-11-15)22(24(31)28-17-6-3-4-7-17)30(18-8-5-9-19(14-18)33-2)25(32)21-20(26)23(27)34-29-21/h5,8-14,17,22H,3-4,6-7H2,1-2H3,(H,28,31)/t22-/m0/s1. The summed E-state index contributed by atoms with van der Waals surface area (Å²) in [4.78, 5) is 29.1. The number of nitrogens with one attached hydrogen (secondary N) is 1. The van der Waals surface area contributed by atoms with Crippen molar-refractivity contribution in [1.82, 2.24) is 9.69 Å². The van der Waals surface area contributed by atoms with Crippen LogP contribution in [0.4, 0.5) is 5.69 Å². The van der Waals surface area contributed by atoms with Gasteiger partial charge in [-0.1, -0.05) is 71.9 Å². The van der Waals surface area contributed by atoms with Crippen molar-refractivity contribution in [2.45, 2.75) is 44.7 Å². The van der Waals surface area contributed by atoms with Gasteiger partial charge in [-0.05, 0) is 49.0 Å². The number of anilines is 1. The number of ether oxygens (including phenoxy) is 1. The Morgan fingerprint density at radius 2 is 1.85 bits per heavy atom. The molecule has 9 heteroatoms. The van der Waals surface area contributed by atoms with E-state index >= 15 is 0 Å². The molecule has 1 atom stereocenters. The molecule has 1 aliphatic rings. The van der Waals surface area contributed by atoms with Gasteiger partial charge in [-0.2, -0.15) is 4.37 Å². The molecule has 0 bridgehead atoms. The van der Waals surface area contributed by atoms with E-state index in [0.29, 0.717) is 17.0 Å². The first kappa shape index (κ1) is 24.5. The highest BCUT2D eigenvalue weighted by Crippen LogP contribution is 2.36. The molecule has 1 heterocycles. The minimum absolute atomic E-state index is 0.00487. The molecule has 6 nitrogen and oxygen atoms in total. The average molecular weight is 518 g/mol. The number of aryl methyl sites for hydroxylation is 1. The van der Waals surface area contributed by atoms with E-state index in [2.05, 4.69) is 9.69 Å². The van der Waals surface area contributed by atoms with Crippen molar-refractivity contribution < 1.29 is 14.3 Å². The van der Waals surface area contributed by atoms with Crippen LogP contribution in [0.1, 0.15) is 53.3 Å². The van der Waals surface area contributed by atoms with Gasteiger partial charge in [0, 0.05) is 17.8 Å². The molecule has 4 rings (SSSR count). The minimum Gasteiger partial charge on any atom is -0.497 e. The molecular weight excluding hydrogens is 493 g/mol. The lowest BCUT2D eigenvalue weighted by Gasteiger charge is -2.32. The summed E-state index contributed by atoms with van der Waals surface area (Å²) in [6, 6.07) is 13.7. The molecule has 34 heavy (non-hydrogen) atoms. The SMILES string of the molecule is COc1cccc(N(C(=O)c2nsc(Cl)c2Cl)[C@H](C(=O)NC2CCCC2)c2ccc(C)cc2)c1. The fraction of sp³-hybridized carbons (Fsp3) is 0.320. The molecule has 0 saturated heterocycles. The van der Waals surface area contributed by atoms with E-state index in [0.717, 1.165) is 42.8 Å². The predicted octanol–water partition coefficient (Wildman–Crippen LogP) is 6.21. The maximum atomic E-state index is 13.9. The maximum absolute atomic E-state index is 13.9. The maximum Gasteiger partial charge on any atom is 0.280 e. The van der Waals surface area contributed by atoms with Crippen LogP contribution in [0.2, 0.25) is 9.36 Å². The van der Waals surface area contributed by atoms with Crippen LogP contribution in [-0.2, 0) is 4.79 Å². The molecule has 0 spiro atoms. The first-order valence-corrected chi connectivity index (χ1v) is 12.6. The Balaban J connectivity index is 1.85. The van der Waals surface area contributed by atoms with Crippen LogP contribution in [0.3, 0.4) is 0 Å². The quantitative estimate of drug-likeness (QED) is 0.404. The smallest absolute Gasteiger partial charge is 0.280 e. The first-order valence-electron chi connectivity index (χ1n) is 11.0. The zero-order valence-corrected chi connectivity index (χ0v) is 21.2. The molecule has 178 valence electrons. The van der Waals surface area contributed by atoms with Gasteiger partial charge in [-0.25, -0.2) is 0 Å². The molecule has 3 aromatic rings. The highest BCUT2D eigenvalue weighted by Gasteiger charge is 2.37. The van der Waals surface area contributed by atoms with Gasteiger partial charge < -0.3 is 10.1 Å². The van der Waals surface area contributed by atoms with Crippen LogP contribution in [0, 0.1) is 6.92 Å². The molecule has 2 amide bonds. The van der Waals surface area contributed by atoms with Crippen molar-refractivity contribution in [2.24, 2.45) is 0 Å². The van der Waals surface area contributed by atoms with Gasteiger partial charge in [0.1, 0.15) is 21.2 Å². The van der Waals surface area contributed by atoms with Gasteiger partial charge in [-0.3, -0.25) is 14.5 Å². The Labute approximate surface area is 213 Å². The second-order valence-electron chi connectivity index (χ2n) is 8.30. The lowest BCUT2D eigenvalue weighted by Crippen LogP contribution is -2.46. The summed E-state index contributed by atoms with van der Waals surface area (Å²) in [6.45, 7) is 1.97. The molecule has 1 fully saturated rings. The third-order valence-electron chi connectivity index (χ3n) is 5.95. The van der Waals surface area contributed by atoms with Gasteiger partial charge in [0.2, 0.25) is 5.91 Å². The van der Waals surface area contributed by atoms with Crippen LogP contribution in [-0.4, -0.2) is 29.3 Å². The van der Waals surface area contributed by atoms with E-state index < -0.39 is 11.9 Å². The molecule has 2 aromatic carbocycles. The summed E-state index contributed by atoms with van der Waals surface area (Å²) in [6.07, 6.45) is 4.00. The van der Waals surface area contributed by atoms with Crippen LogP contribution >= 0.6 is 34.7 Å². The van der Waals surface area contributed by atoms with Crippen molar-refractivity contribution in [3.05, 3.63) is 74.7 Å². The van der Waals surface area contributed by atoms with E-state index in [1.54, 1.807) is 31.4 Å². The van der Waals surface area contributed by atoms with Crippen molar-refractivity contribution in [2.75, 3.05) is 12.0 Å². The van der Waals surface area contributed by atoms with Crippen molar-refractivity contribution in [3.63, 3.8) is 0 Å². The number of hydrogen-bond donors (Lipinski definition) is 1. The Morgan fingerprint density at radius 3 is 2.47 bits per heavy atom. The molecule has 1 saturated carbocycles. The summed E-state index contributed by atoms with van der Waals surface area (Å²) < 4.78 is 9.79. The molecule has 1 aliphatic carbocycles. The van der Waals surface area contributed by atoms with Gasteiger partial charge in [0.05, 0.1) is 7.11 Å². The number of aromatic nitrogens is 1. The van der Waals surface area contributed by atoms with E-state index in [1.807, 2.05) is 31.2 Å². The number of amides is 2. The number of rotatable bonds is 7. The number of methoxy groups -OCH3 is 1. The van der Waals surface area contributed by atoms with Crippen molar-refractivity contribution in [1.29, 1.82) is 0 Å². The highest BCUT2D eigenvalue weighted by atomic mass is 35.5. The van der Waals surface area contributed by atoms with Gasteiger partial charge in [-0.15, -0.1) is 0 Å². The molecule has 1 aromatic heterocycles. The van der Waals surface area contributed by atoms with Crippen LogP contribution in [0.15, 0.2) is 48.5 Å². The van der Waals surface area contributed by atoms with Crippen molar-refractivity contribution in [3.8, 4) is 5.75 Å². The van der Waals surface area contributed by atoms with Gasteiger partial charge >= 0.3 is 0 Å². The zero-order valence-electron chi connectivity index (χ0n) is 18.9. The van der Waals surface area contributed by atoms with E-state index in [1.165, 1.54) is 4.90 Å². The molecule has 0 aliphatic heterocycles. The average Bonchev–Trinajstić information content (AvgIpc) is 3.47. The van der Waals surface area contributed by atoms with Gasteiger partial charge in [0.25, 0.3) is 5.91 Å². The number of benzene rings is 2. The number of carbonyl (C=O) groups excluding carboxylic acids is 2. The Bertz CT molecular complexity index is 1180. The highest BCUT2D eigenvalue weighted by molar-refractivity contribution is 7.11. The second kappa shape index (κ2) is 10.8. The normalized spacial score (nSPS) is 14.6. The zero-order chi connectivity index (χ0) is 24.2. The monoisotopic (exact) mass is 517 g/mol. The Hall–Kier alpha value is -2.61. The molecule has 0 radical (unpaired) electrons. The Kier molecular flexibility index (Phi) is 7.76. The number of carbonyl (C=O) groups is 2. The van der Waals surface area contributed by atoms with E-state index in [9.17, 15) is 9.59 Å². The third kappa shape index (κ3) is 5.22.